The van der Waals surface area contributed by atoms with Crippen LogP contribution in [0, 0.1) is 0 Å². The van der Waals surface area contributed by atoms with Gasteiger partial charge in [-0.1, -0.05) is 18.0 Å². The first kappa shape index (κ1) is 13.1. The van der Waals surface area contributed by atoms with Crippen LogP contribution in [0.25, 0.3) is 0 Å². The molecule has 0 amide bonds. The molecule has 6 heteroatoms. The molecule has 1 saturated carbocycles. The summed E-state index contributed by atoms with van der Waals surface area (Å²) in [7, 11) is -3.49. The topological polar surface area (TPSA) is 46.2 Å². The normalized spacial score (nSPS) is 25.1. The number of benzene rings is 1. The van der Waals surface area contributed by atoms with Crippen LogP contribution in [-0.2, 0) is 10.0 Å². The van der Waals surface area contributed by atoms with Gasteiger partial charge in [-0.2, -0.15) is 0 Å². The number of halogens is 2. The highest BCUT2D eigenvalue weighted by Gasteiger charge is 2.29. The Hall–Kier alpha value is -0.290. The summed E-state index contributed by atoms with van der Waals surface area (Å²) in [5.41, 5.74) is 0. The minimum atomic E-state index is -3.49. The van der Waals surface area contributed by atoms with Crippen molar-refractivity contribution in [3.8, 4) is 0 Å². The lowest BCUT2D eigenvalue weighted by atomic mass is 10.3. The molecular weight excluding hydrogens is 281 g/mol. The maximum absolute atomic E-state index is 12.0. The predicted molar refractivity (Wildman–Crippen MR) is 69.1 cm³/mol. The van der Waals surface area contributed by atoms with E-state index < -0.39 is 10.0 Å². The maximum Gasteiger partial charge on any atom is 0.240 e. The molecule has 0 aliphatic heterocycles. The molecule has 1 aromatic carbocycles. The van der Waals surface area contributed by atoms with Gasteiger partial charge in [-0.15, -0.1) is 11.6 Å². The van der Waals surface area contributed by atoms with Gasteiger partial charge >= 0.3 is 0 Å². The second kappa shape index (κ2) is 5.14. The van der Waals surface area contributed by atoms with Crippen LogP contribution >= 0.6 is 23.2 Å². The van der Waals surface area contributed by atoms with Crippen molar-refractivity contribution in [2.45, 2.75) is 35.6 Å². The molecule has 94 valence electrons. The third-order valence-electron chi connectivity index (χ3n) is 2.86. The Balaban J connectivity index is 2.16. The van der Waals surface area contributed by atoms with Crippen molar-refractivity contribution in [1.29, 1.82) is 0 Å². The van der Waals surface area contributed by atoms with Gasteiger partial charge in [0, 0.05) is 16.4 Å². The van der Waals surface area contributed by atoms with Crippen LogP contribution in [0.1, 0.15) is 19.3 Å². The van der Waals surface area contributed by atoms with E-state index in [0.717, 1.165) is 19.3 Å². The van der Waals surface area contributed by atoms with Crippen molar-refractivity contribution in [2.75, 3.05) is 0 Å². The molecule has 2 rings (SSSR count). The number of sulfonamides is 1. The molecule has 17 heavy (non-hydrogen) atoms. The van der Waals surface area contributed by atoms with Crippen molar-refractivity contribution < 1.29 is 8.42 Å². The highest BCUT2D eigenvalue weighted by atomic mass is 35.5. The fourth-order valence-corrected chi connectivity index (χ4v) is 3.78. The molecule has 2 atom stereocenters. The van der Waals surface area contributed by atoms with Gasteiger partial charge in [0.05, 0.1) is 4.90 Å². The zero-order valence-electron chi connectivity index (χ0n) is 9.07. The van der Waals surface area contributed by atoms with Gasteiger partial charge < -0.3 is 0 Å². The van der Waals surface area contributed by atoms with E-state index in [4.69, 9.17) is 23.2 Å². The molecule has 1 aliphatic rings. The second-order valence-electron chi connectivity index (χ2n) is 4.13. The van der Waals surface area contributed by atoms with E-state index in [1.165, 1.54) is 12.1 Å². The third kappa shape index (κ3) is 3.13. The lowest BCUT2D eigenvalue weighted by Gasteiger charge is -2.15. The van der Waals surface area contributed by atoms with Crippen LogP contribution in [0.3, 0.4) is 0 Å². The molecule has 0 heterocycles. The number of rotatable bonds is 3. The van der Waals surface area contributed by atoms with Gasteiger partial charge in [-0.25, -0.2) is 13.1 Å². The van der Waals surface area contributed by atoms with Crippen molar-refractivity contribution >= 4 is 33.2 Å². The Labute approximate surface area is 111 Å². The summed E-state index contributed by atoms with van der Waals surface area (Å²) in [6.45, 7) is 0. The minimum Gasteiger partial charge on any atom is -0.207 e. The van der Waals surface area contributed by atoms with Crippen molar-refractivity contribution in [1.82, 2.24) is 4.72 Å². The Morgan fingerprint density at radius 1 is 1.18 bits per heavy atom. The van der Waals surface area contributed by atoms with Crippen LogP contribution in [0.15, 0.2) is 29.2 Å². The van der Waals surface area contributed by atoms with Crippen LogP contribution in [0.5, 0.6) is 0 Å². The van der Waals surface area contributed by atoms with E-state index in [2.05, 4.69) is 4.72 Å². The monoisotopic (exact) mass is 293 g/mol. The fraction of sp³-hybridized carbons (Fsp3) is 0.455. The fourth-order valence-electron chi connectivity index (χ4n) is 1.93. The van der Waals surface area contributed by atoms with E-state index in [9.17, 15) is 8.42 Å². The number of hydrogen-bond acceptors (Lipinski definition) is 2. The highest BCUT2D eigenvalue weighted by molar-refractivity contribution is 7.89. The summed E-state index contributed by atoms with van der Waals surface area (Å²) in [5, 5.41) is 0.400. The van der Waals surface area contributed by atoms with E-state index in [-0.39, 0.29) is 16.3 Å². The molecule has 1 fully saturated rings. The van der Waals surface area contributed by atoms with E-state index in [1.807, 2.05) is 0 Å². The van der Waals surface area contributed by atoms with Crippen LogP contribution in [0.4, 0.5) is 0 Å². The SMILES string of the molecule is O=S(=O)(NC1CCCC1Cl)c1ccc(Cl)cc1. The van der Waals surface area contributed by atoms with Gasteiger partial charge in [0.1, 0.15) is 0 Å². The van der Waals surface area contributed by atoms with E-state index >= 15 is 0 Å². The molecule has 0 bridgehead atoms. The third-order valence-corrected chi connectivity index (χ3v) is 5.14. The predicted octanol–water partition coefficient (Wildman–Crippen LogP) is 2.78. The van der Waals surface area contributed by atoms with Crippen LogP contribution < -0.4 is 4.72 Å². The maximum atomic E-state index is 12.0. The molecule has 1 aliphatic carbocycles. The van der Waals surface area contributed by atoms with Crippen molar-refractivity contribution in [3.05, 3.63) is 29.3 Å². The minimum absolute atomic E-state index is 0.114. The summed E-state index contributed by atoms with van der Waals surface area (Å²) in [4.78, 5) is 0.220. The largest absolute Gasteiger partial charge is 0.240 e. The molecule has 0 aromatic heterocycles. The second-order valence-corrected chi connectivity index (χ2v) is 6.84. The summed E-state index contributed by atoms with van der Waals surface area (Å²) >= 11 is 11.8. The number of hydrogen-bond donors (Lipinski definition) is 1. The summed E-state index contributed by atoms with van der Waals surface area (Å²) < 4.78 is 26.7. The smallest absolute Gasteiger partial charge is 0.207 e. The molecule has 3 nitrogen and oxygen atoms in total. The van der Waals surface area contributed by atoms with Gasteiger partial charge in [-0.3, -0.25) is 0 Å². The number of alkyl halides is 1. The van der Waals surface area contributed by atoms with Gasteiger partial charge in [0.15, 0.2) is 0 Å². The van der Waals surface area contributed by atoms with Gasteiger partial charge in [0.2, 0.25) is 10.0 Å². The summed E-state index contributed by atoms with van der Waals surface area (Å²) in [5.74, 6) is 0. The van der Waals surface area contributed by atoms with Gasteiger partial charge in [-0.05, 0) is 37.1 Å². The molecule has 1 aromatic rings. The van der Waals surface area contributed by atoms with Crippen LogP contribution in [0.2, 0.25) is 5.02 Å². The average molecular weight is 294 g/mol. The first-order valence-corrected chi connectivity index (χ1v) is 7.71. The zero-order valence-corrected chi connectivity index (χ0v) is 11.4. The molecule has 2 unspecified atom stereocenters. The lowest BCUT2D eigenvalue weighted by Crippen LogP contribution is -2.37. The average Bonchev–Trinajstić information content (AvgIpc) is 2.64. The van der Waals surface area contributed by atoms with Crippen molar-refractivity contribution in [2.24, 2.45) is 0 Å². The standard InChI is InChI=1S/C11H13Cl2NO2S/c12-8-4-6-9(7-5-8)17(15,16)14-11-3-1-2-10(11)13/h4-7,10-11,14H,1-3H2. The van der Waals surface area contributed by atoms with Crippen LogP contribution in [-0.4, -0.2) is 19.8 Å². The van der Waals surface area contributed by atoms with E-state index in [1.54, 1.807) is 12.1 Å². The molecule has 0 saturated heterocycles. The quantitative estimate of drug-likeness (QED) is 0.871. The molecular formula is C11H13Cl2NO2S. The lowest BCUT2D eigenvalue weighted by molar-refractivity contribution is 0.554. The molecule has 1 N–H and O–H groups in total. The first-order chi connectivity index (χ1) is 7.99. The van der Waals surface area contributed by atoms with Gasteiger partial charge in [0.25, 0.3) is 0 Å². The Kier molecular flexibility index (Phi) is 3.98. The Bertz CT molecular complexity index is 487. The molecule has 0 radical (unpaired) electrons. The van der Waals surface area contributed by atoms with Crippen molar-refractivity contribution in [3.63, 3.8) is 0 Å². The number of nitrogens with one attached hydrogen (secondary N) is 1. The van der Waals surface area contributed by atoms with E-state index in [0.29, 0.717) is 5.02 Å². The first-order valence-electron chi connectivity index (χ1n) is 5.41. The molecule has 0 spiro atoms. The Morgan fingerprint density at radius 2 is 1.82 bits per heavy atom. The highest BCUT2D eigenvalue weighted by Crippen LogP contribution is 2.25. The zero-order chi connectivity index (χ0) is 12.5. The Morgan fingerprint density at radius 3 is 2.35 bits per heavy atom. The summed E-state index contributed by atoms with van der Waals surface area (Å²) in [6, 6.07) is 5.93. The summed E-state index contributed by atoms with van der Waals surface area (Å²) in [6.07, 6.45) is 2.61.